The van der Waals surface area contributed by atoms with Crippen LogP contribution in [0.15, 0.2) is 52.1 Å². The van der Waals surface area contributed by atoms with E-state index in [0.717, 1.165) is 5.56 Å². The highest BCUT2D eigenvalue weighted by Crippen LogP contribution is 2.14. The number of carbonyl (C=O) groups excluding carboxylic acids is 1. The van der Waals surface area contributed by atoms with Gasteiger partial charge in [0.2, 0.25) is 0 Å². The third kappa shape index (κ3) is 3.38. The molecular formula is C13H12BrN3O2. The zero-order chi connectivity index (χ0) is 13.8. The zero-order valence-corrected chi connectivity index (χ0v) is 11.5. The van der Waals surface area contributed by atoms with Crippen LogP contribution in [0.25, 0.3) is 5.70 Å². The Hall–Kier alpha value is -2.21. The second-order valence-electron chi connectivity index (χ2n) is 3.79. The van der Waals surface area contributed by atoms with E-state index < -0.39 is 5.91 Å². The first-order valence-electron chi connectivity index (χ1n) is 5.43. The predicted molar refractivity (Wildman–Crippen MR) is 76.9 cm³/mol. The maximum atomic E-state index is 11.7. The number of nitrogens with one attached hydrogen (secondary N) is 2. The van der Waals surface area contributed by atoms with Crippen molar-refractivity contribution in [1.82, 2.24) is 10.9 Å². The van der Waals surface area contributed by atoms with Gasteiger partial charge in [0.05, 0.1) is 5.70 Å². The zero-order valence-electron chi connectivity index (χ0n) is 9.94. The number of amides is 1. The van der Waals surface area contributed by atoms with Crippen LogP contribution >= 0.6 is 15.9 Å². The van der Waals surface area contributed by atoms with Gasteiger partial charge in [-0.1, -0.05) is 18.7 Å². The maximum absolute atomic E-state index is 11.7. The monoisotopic (exact) mass is 321 g/mol. The third-order valence-electron chi connectivity index (χ3n) is 2.36. The number of benzene rings is 1. The van der Waals surface area contributed by atoms with Crippen LogP contribution in [-0.2, 0) is 0 Å². The average molecular weight is 322 g/mol. The average Bonchev–Trinajstić information content (AvgIpc) is 2.82. The van der Waals surface area contributed by atoms with Crippen LogP contribution in [0.5, 0.6) is 0 Å². The Labute approximate surface area is 118 Å². The molecule has 0 aliphatic carbocycles. The van der Waals surface area contributed by atoms with E-state index >= 15 is 0 Å². The van der Waals surface area contributed by atoms with Crippen molar-refractivity contribution >= 4 is 33.2 Å². The largest absolute Gasteiger partial charge is 0.444 e. The summed E-state index contributed by atoms with van der Waals surface area (Å²) in [5.41, 5.74) is 12.8. The van der Waals surface area contributed by atoms with Crippen molar-refractivity contribution in [3.8, 4) is 0 Å². The van der Waals surface area contributed by atoms with Crippen LogP contribution in [0.2, 0.25) is 0 Å². The fourth-order valence-electron chi connectivity index (χ4n) is 1.43. The lowest BCUT2D eigenvalue weighted by Crippen LogP contribution is -2.35. The summed E-state index contributed by atoms with van der Waals surface area (Å²) in [6.07, 6.45) is 0. The van der Waals surface area contributed by atoms with Gasteiger partial charge >= 0.3 is 5.91 Å². The Morgan fingerprint density at radius 1 is 1.26 bits per heavy atom. The molecular weight excluding hydrogens is 310 g/mol. The summed E-state index contributed by atoms with van der Waals surface area (Å²) in [5.74, 6) is -0.199. The second-order valence-corrected chi connectivity index (χ2v) is 4.57. The number of nitrogens with two attached hydrogens (primary N) is 1. The predicted octanol–water partition coefficient (Wildman–Crippen LogP) is 2.53. The SMILES string of the molecule is C=C(NNC(=O)c1ccc(Br)o1)c1cccc(N)c1. The van der Waals surface area contributed by atoms with Crippen LogP contribution in [-0.4, -0.2) is 5.91 Å². The number of anilines is 1. The fraction of sp³-hybridized carbons (Fsp3) is 0. The van der Waals surface area contributed by atoms with Crippen molar-refractivity contribution in [3.05, 3.63) is 59.0 Å². The molecule has 19 heavy (non-hydrogen) atoms. The lowest BCUT2D eigenvalue weighted by molar-refractivity contribution is 0.0913. The van der Waals surface area contributed by atoms with Crippen LogP contribution in [0.1, 0.15) is 16.1 Å². The van der Waals surface area contributed by atoms with Crippen molar-refractivity contribution in [2.45, 2.75) is 0 Å². The number of rotatable bonds is 4. The van der Waals surface area contributed by atoms with E-state index in [1.165, 1.54) is 0 Å². The van der Waals surface area contributed by atoms with E-state index in [-0.39, 0.29) is 5.76 Å². The molecule has 0 aliphatic heterocycles. The highest BCUT2D eigenvalue weighted by atomic mass is 79.9. The summed E-state index contributed by atoms with van der Waals surface area (Å²) in [4.78, 5) is 11.7. The van der Waals surface area contributed by atoms with E-state index in [1.807, 2.05) is 12.1 Å². The first kappa shape index (κ1) is 13.2. The van der Waals surface area contributed by atoms with Gasteiger partial charge in [0.15, 0.2) is 10.4 Å². The van der Waals surface area contributed by atoms with Gasteiger partial charge in [0.1, 0.15) is 0 Å². The van der Waals surface area contributed by atoms with Crippen LogP contribution in [0, 0.1) is 0 Å². The van der Waals surface area contributed by atoms with Crippen molar-refractivity contribution < 1.29 is 9.21 Å². The van der Waals surface area contributed by atoms with Crippen molar-refractivity contribution in [2.24, 2.45) is 0 Å². The quantitative estimate of drug-likeness (QED) is 0.597. The molecule has 6 heteroatoms. The number of hydrogen-bond acceptors (Lipinski definition) is 4. The Kier molecular flexibility index (Phi) is 3.91. The Morgan fingerprint density at radius 2 is 2.05 bits per heavy atom. The number of halogens is 1. The summed E-state index contributed by atoms with van der Waals surface area (Å²) in [6.45, 7) is 3.82. The number of nitrogen functional groups attached to an aromatic ring is 1. The molecule has 0 aliphatic rings. The third-order valence-corrected chi connectivity index (χ3v) is 2.79. The Morgan fingerprint density at radius 3 is 2.68 bits per heavy atom. The van der Waals surface area contributed by atoms with E-state index in [1.54, 1.807) is 24.3 Å². The molecule has 1 heterocycles. The Balaban J connectivity index is 1.95. The summed E-state index contributed by atoms with van der Waals surface area (Å²) in [7, 11) is 0. The highest BCUT2D eigenvalue weighted by molar-refractivity contribution is 9.10. The number of carbonyl (C=O) groups is 1. The molecule has 0 spiro atoms. The molecule has 0 radical (unpaired) electrons. The van der Waals surface area contributed by atoms with E-state index in [2.05, 4.69) is 33.4 Å². The topological polar surface area (TPSA) is 80.3 Å². The minimum absolute atomic E-state index is 0.194. The van der Waals surface area contributed by atoms with Crippen LogP contribution in [0.4, 0.5) is 5.69 Å². The second kappa shape index (κ2) is 5.62. The van der Waals surface area contributed by atoms with Gasteiger partial charge in [0, 0.05) is 11.3 Å². The standard InChI is InChI=1S/C13H12BrN3O2/c1-8(9-3-2-4-10(15)7-9)16-17-13(18)11-5-6-12(14)19-11/h2-7,16H,1,15H2,(H,17,18). The van der Waals surface area contributed by atoms with Gasteiger partial charge in [-0.05, 0) is 40.2 Å². The molecule has 0 unspecified atom stereocenters. The molecule has 98 valence electrons. The van der Waals surface area contributed by atoms with Gasteiger partial charge in [-0.15, -0.1) is 0 Å². The minimum atomic E-state index is -0.393. The highest BCUT2D eigenvalue weighted by Gasteiger charge is 2.10. The van der Waals surface area contributed by atoms with Crippen molar-refractivity contribution in [1.29, 1.82) is 0 Å². The maximum Gasteiger partial charge on any atom is 0.305 e. The van der Waals surface area contributed by atoms with Gasteiger partial charge in [-0.25, -0.2) is 0 Å². The molecule has 2 rings (SSSR count). The number of furan rings is 1. The first-order valence-corrected chi connectivity index (χ1v) is 6.22. The summed E-state index contributed by atoms with van der Waals surface area (Å²) in [5, 5.41) is 0. The molecule has 0 fully saturated rings. The van der Waals surface area contributed by atoms with E-state index in [4.69, 9.17) is 10.2 Å². The molecule has 0 saturated carbocycles. The van der Waals surface area contributed by atoms with Crippen molar-refractivity contribution in [3.63, 3.8) is 0 Å². The van der Waals surface area contributed by atoms with Gasteiger partial charge in [-0.3, -0.25) is 15.6 Å². The van der Waals surface area contributed by atoms with E-state index in [9.17, 15) is 4.79 Å². The van der Waals surface area contributed by atoms with Crippen LogP contribution < -0.4 is 16.6 Å². The minimum Gasteiger partial charge on any atom is -0.444 e. The van der Waals surface area contributed by atoms with Gasteiger partial charge < -0.3 is 10.2 Å². The van der Waals surface area contributed by atoms with Crippen molar-refractivity contribution in [2.75, 3.05) is 5.73 Å². The molecule has 5 nitrogen and oxygen atoms in total. The Bertz CT molecular complexity index is 622. The first-order chi connectivity index (χ1) is 9.06. The molecule has 0 saturated heterocycles. The lowest BCUT2D eigenvalue weighted by atomic mass is 10.1. The van der Waals surface area contributed by atoms with E-state index in [0.29, 0.717) is 16.1 Å². The fourth-order valence-corrected chi connectivity index (χ4v) is 1.74. The summed E-state index contributed by atoms with van der Waals surface area (Å²) in [6, 6.07) is 10.4. The number of hydrogen-bond donors (Lipinski definition) is 3. The molecule has 4 N–H and O–H groups in total. The lowest BCUT2D eigenvalue weighted by Gasteiger charge is -2.10. The molecule has 2 aromatic rings. The molecule has 1 amide bonds. The van der Waals surface area contributed by atoms with Crippen LogP contribution in [0.3, 0.4) is 0 Å². The number of hydrazine groups is 1. The van der Waals surface area contributed by atoms with Gasteiger partial charge in [-0.2, -0.15) is 0 Å². The summed E-state index contributed by atoms with van der Waals surface area (Å²) < 4.78 is 5.61. The molecule has 0 atom stereocenters. The molecule has 1 aromatic heterocycles. The van der Waals surface area contributed by atoms with Gasteiger partial charge in [0.25, 0.3) is 0 Å². The molecule has 1 aromatic carbocycles. The normalized spacial score (nSPS) is 9.95. The molecule has 0 bridgehead atoms. The summed E-state index contributed by atoms with van der Waals surface area (Å²) >= 11 is 3.13. The smallest absolute Gasteiger partial charge is 0.305 e.